The van der Waals surface area contributed by atoms with E-state index in [0.29, 0.717) is 10.0 Å². The maximum absolute atomic E-state index is 13.4. The second kappa shape index (κ2) is 7.84. The van der Waals surface area contributed by atoms with Crippen molar-refractivity contribution in [3.05, 3.63) is 69.0 Å². The smallest absolute Gasteiger partial charge is 0.347 e. The Labute approximate surface area is 162 Å². The molecular formula is C20H14BrFO5. The number of benzene rings is 2. The Balaban J connectivity index is 1.86. The summed E-state index contributed by atoms with van der Waals surface area (Å²) in [4.78, 5) is 35.7. The molecule has 1 aliphatic carbocycles. The van der Waals surface area contributed by atoms with Gasteiger partial charge in [0, 0.05) is 19.4 Å². The van der Waals surface area contributed by atoms with Crippen LogP contribution >= 0.6 is 15.9 Å². The molecule has 0 saturated heterocycles. The molecule has 0 bridgehead atoms. The molecule has 0 amide bonds. The summed E-state index contributed by atoms with van der Waals surface area (Å²) < 4.78 is 23.9. The van der Waals surface area contributed by atoms with Gasteiger partial charge in [0.25, 0.3) is 0 Å². The third-order valence-electron chi connectivity index (χ3n) is 3.92. The van der Waals surface area contributed by atoms with Gasteiger partial charge in [0.2, 0.25) is 0 Å². The number of hydrogen-bond acceptors (Lipinski definition) is 5. The lowest BCUT2D eigenvalue weighted by Crippen LogP contribution is -2.23. The SMILES string of the molecule is CC(=O)OCc1ccc2c(c1)C=C(C(=O)Oc1cc(F)ccc1Br)C(=O)C2. The molecule has 1 aliphatic rings. The molecule has 7 heteroatoms. The van der Waals surface area contributed by atoms with Crippen LogP contribution in [0.25, 0.3) is 6.08 Å². The van der Waals surface area contributed by atoms with E-state index in [-0.39, 0.29) is 30.1 Å². The Hall–Kier alpha value is -2.80. The Kier molecular flexibility index (Phi) is 5.51. The Morgan fingerprint density at radius 1 is 1.19 bits per heavy atom. The topological polar surface area (TPSA) is 69.7 Å². The minimum atomic E-state index is -0.859. The molecule has 2 aromatic carbocycles. The number of Topliss-reactive ketones (excluding diaryl/α,β-unsaturated/α-hetero) is 1. The van der Waals surface area contributed by atoms with Crippen molar-refractivity contribution in [2.45, 2.75) is 20.0 Å². The van der Waals surface area contributed by atoms with Crippen molar-refractivity contribution in [3.8, 4) is 5.75 Å². The highest BCUT2D eigenvalue weighted by Crippen LogP contribution is 2.28. The summed E-state index contributed by atoms with van der Waals surface area (Å²) in [7, 11) is 0. The van der Waals surface area contributed by atoms with E-state index in [1.165, 1.54) is 25.1 Å². The minimum absolute atomic E-state index is 0.0110. The van der Waals surface area contributed by atoms with Gasteiger partial charge in [-0.1, -0.05) is 12.1 Å². The van der Waals surface area contributed by atoms with E-state index >= 15 is 0 Å². The fourth-order valence-electron chi connectivity index (χ4n) is 2.60. The van der Waals surface area contributed by atoms with Gasteiger partial charge in [-0.05, 0) is 56.9 Å². The predicted octanol–water partition coefficient (Wildman–Crippen LogP) is 3.77. The molecule has 27 heavy (non-hydrogen) atoms. The summed E-state index contributed by atoms with van der Waals surface area (Å²) in [5.41, 5.74) is 2.04. The van der Waals surface area contributed by atoms with Crippen LogP contribution < -0.4 is 4.74 Å². The third kappa shape index (κ3) is 4.49. The van der Waals surface area contributed by atoms with E-state index in [1.54, 1.807) is 18.2 Å². The molecular weight excluding hydrogens is 419 g/mol. The first-order valence-electron chi connectivity index (χ1n) is 8.01. The largest absolute Gasteiger partial charge is 0.461 e. The number of fused-ring (bicyclic) bond motifs is 1. The van der Waals surface area contributed by atoms with Crippen LogP contribution in [0.2, 0.25) is 0 Å². The summed E-state index contributed by atoms with van der Waals surface area (Å²) in [6.07, 6.45) is 1.49. The number of hydrogen-bond donors (Lipinski definition) is 0. The molecule has 2 aromatic rings. The van der Waals surface area contributed by atoms with Gasteiger partial charge in [-0.15, -0.1) is 0 Å². The lowest BCUT2D eigenvalue weighted by atomic mass is 9.90. The predicted molar refractivity (Wildman–Crippen MR) is 98.3 cm³/mol. The normalized spacial score (nSPS) is 12.9. The van der Waals surface area contributed by atoms with E-state index in [4.69, 9.17) is 9.47 Å². The molecule has 0 heterocycles. The van der Waals surface area contributed by atoms with Crippen molar-refractivity contribution in [1.29, 1.82) is 0 Å². The van der Waals surface area contributed by atoms with E-state index in [9.17, 15) is 18.8 Å². The maximum Gasteiger partial charge on any atom is 0.347 e. The Morgan fingerprint density at radius 2 is 1.96 bits per heavy atom. The summed E-state index contributed by atoms with van der Waals surface area (Å²) in [6.45, 7) is 1.41. The highest BCUT2D eigenvalue weighted by Gasteiger charge is 2.26. The van der Waals surface area contributed by atoms with Crippen LogP contribution in [-0.4, -0.2) is 17.7 Å². The molecule has 0 unspecified atom stereocenters. The fourth-order valence-corrected chi connectivity index (χ4v) is 2.93. The van der Waals surface area contributed by atoms with Gasteiger partial charge in [-0.25, -0.2) is 9.18 Å². The summed E-state index contributed by atoms with van der Waals surface area (Å²) in [6, 6.07) is 8.94. The van der Waals surface area contributed by atoms with Crippen LogP contribution in [-0.2, 0) is 32.1 Å². The first-order valence-corrected chi connectivity index (χ1v) is 8.80. The molecule has 0 saturated carbocycles. The van der Waals surface area contributed by atoms with E-state index in [0.717, 1.165) is 17.2 Å². The molecule has 3 rings (SSSR count). The molecule has 0 spiro atoms. The van der Waals surface area contributed by atoms with Crippen molar-refractivity contribution >= 4 is 39.7 Å². The number of rotatable bonds is 4. The van der Waals surface area contributed by atoms with Crippen LogP contribution in [0.15, 0.2) is 46.4 Å². The number of carbonyl (C=O) groups excluding carboxylic acids is 3. The molecule has 0 radical (unpaired) electrons. The first kappa shape index (κ1) is 19.0. The van der Waals surface area contributed by atoms with E-state index < -0.39 is 17.8 Å². The first-order chi connectivity index (χ1) is 12.8. The van der Waals surface area contributed by atoms with Crippen LogP contribution in [0.4, 0.5) is 4.39 Å². The van der Waals surface area contributed by atoms with Crippen molar-refractivity contribution in [2.75, 3.05) is 0 Å². The number of ether oxygens (including phenoxy) is 2. The van der Waals surface area contributed by atoms with Crippen LogP contribution in [0.3, 0.4) is 0 Å². The summed E-state index contributed by atoms with van der Waals surface area (Å²) in [5, 5.41) is 0. The van der Waals surface area contributed by atoms with Gasteiger partial charge in [-0.2, -0.15) is 0 Å². The van der Waals surface area contributed by atoms with Gasteiger partial charge in [0.15, 0.2) is 5.78 Å². The molecule has 0 aromatic heterocycles. The molecule has 0 aliphatic heterocycles. The molecule has 0 N–H and O–H groups in total. The van der Waals surface area contributed by atoms with E-state index in [1.807, 2.05) is 0 Å². The van der Waals surface area contributed by atoms with Crippen molar-refractivity contribution in [3.63, 3.8) is 0 Å². The standard InChI is InChI=1S/C20H14BrFO5/c1-11(23)26-10-12-2-3-13-8-18(24)16(7-14(13)6-12)20(25)27-19-9-15(22)4-5-17(19)21/h2-7,9H,8,10H2,1H3. The van der Waals surface area contributed by atoms with Crippen LogP contribution in [0.1, 0.15) is 23.6 Å². The number of carbonyl (C=O) groups is 3. The number of esters is 2. The zero-order chi connectivity index (χ0) is 19.6. The quantitative estimate of drug-likeness (QED) is 0.417. The summed E-state index contributed by atoms with van der Waals surface area (Å²) >= 11 is 3.17. The van der Waals surface area contributed by atoms with Gasteiger partial charge in [0.1, 0.15) is 23.7 Å². The third-order valence-corrected chi connectivity index (χ3v) is 4.57. The second-order valence-corrected chi connectivity index (χ2v) is 6.79. The van der Waals surface area contributed by atoms with Gasteiger partial charge >= 0.3 is 11.9 Å². The lowest BCUT2D eigenvalue weighted by molar-refractivity contribution is -0.142. The Bertz CT molecular complexity index is 980. The highest BCUT2D eigenvalue weighted by molar-refractivity contribution is 9.10. The fraction of sp³-hybridized carbons (Fsp3) is 0.150. The lowest BCUT2D eigenvalue weighted by Gasteiger charge is -2.16. The van der Waals surface area contributed by atoms with Crippen molar-refractivity contribution in [2.24, 2.45) is 0 Å². The van der Waals surface area contributed by atoms with Gasteiger partial charge in [-0.3, -0.25) is 9.59 Å². The molecule has 0 fully saturated rings. The average molecular weight is 433 g/mol. The monoisotopic (exact) mass is 432 g/mol. The number of halogens is 2. The van der Waals surface area contributed by atoms with Crippen LogP contribution in [0, 0.1) is 5.82 Å². The molecule has 5 nitrogen and oxygen atoms in total. The second-order valence-electron chi connectivity index (χ2n) is 5.94. The van der Waals surface area contributed by atoms with Crippen LogP contribution in [0.5, 0.6) is 5.75 Å². The number of ketones is 1. The average Bonchev–Trinajstić information content (AvgIpc) is 2.62. The van der Waals surface area contributed by atoms with Gasteiger partial charge < -0.3 is 9.47 Å². The zero-order valence-corrected chi connectivity index (χ0v) is 15.8. The molecule has 138 valence electrons. The molecule has 0 atom stereocenters. The Morgan fingerprint density at radius 3 is 2.70 bits per heavy atom. The highest BCUT2D eigenvalue weighted by atomic mass is 79.9. The van der Waals surface area contributed by atoms with Crippen molar-refractivity contribution in [1.82, 2.24) is 0 Å². The summed E-state index contributed by atoms with van der Waals surface area (Å²) in [5.74, 6) is -2.22. The minimum Gasteiger partial charge on any atom is -0.461 e. The maximum atomic E-state index is 13.4. The zero-order valence-electron chi connectivity index (χ0n) is 14.3. The van der Waals surface area contributed by atoms with Gasteiger partial charge in [0.05, 0.1) is 4.47 Å². The van der Waals surface area contributed by atoms with Crippen molar-refractivity contribution < 1.29 is 28.2 Å². The van der Waals surface area contributed by atoms with E-state index in [2.05, 4.69) is 15.9 Å².